The van der Waals surface area contributed by atoms with E-state index < -0.39 is 10.8 Å². The second-order valence-electron chi connectivity index (χ2n) is 4.79. The highest BCUT2D eigenvalue weighted by Crippen LogP contribution is 2.26. The monoisotopic (exact) mass is 346 g/mol. The number of hydrogen-bond acceptors (Lipinski definition) is 5. The predicted molar refractivity (Wildman–Crippen MR) is 90.7 cm³/mol. The zero-order chi connectivity index (χ0) is 16.2. The summed E-state index contributed by atoms with van der Waals surface area (Å²) >= 11 is 1.57. The van der Waals surface area contributed by atoms with E-state index in [1.807, 2.05) is 17.5 Å². The molecule has 2 aromatic heterocycles. The summed E-state index contributed by atoms with van der Waals surface area (Å²) in [5.41, 5.74) is 0.675. The van der Waals surface area contributed by atoms with Crippen molar-refractivity contribution in [1.82, 2.24) is 4.98 Å². The number of nitrogens with one attached hydrogen (secondary N) is 1. The van der Waals surface area contributed by atoms with E-state index in [9.17, 15) is 9.00 Å². The number of hydrogen-bond donors (Lipinski definition) is 1. The van der Waals surface area contributed by atoms with E-state index >= 15 is 0 Å². The molecule has 0 spiro atoms. The van der Waals surface area contributed by atoms with Gasteiger partial charge in [0.2, 0.25) is 11.8 Å². The van der Waals surface area contributed by atoms with E-state index in [-0.39, 0.29) is 11.7 Å². The van der Waals surface area contributed by atoms with Crippen molar-refractivity contribution in [2.75, 3.05) is 5.32 Å². The smallest absolute Gasteiger partial charge is 0.221 e. The Bertz CT molecular complexity index is 823. The number of rotatable bonds is 5. The van der Waals surface area contributed by atoms with Gasteiger partial charge in [0.15, 0.2) is 5.76 Å². The summed E-state index contributed by atoms with van der Waals surface area (Å²) in [5.74, 6) is 1.20. The van der Waals surface area contributed by atoms with Gasteiger partial charge in [-0.05, 0) is 35.7 Å². The van der Waals surface area contributed by atoms with Crippen molar-refractivity contribution in [2.45, 2.75) is 17.6 Å². The van der Waals surface area contributed by atoms with Crippen LogP contribution in [0.4, 0.5) is 5.69 Å². The fourth-order valence-corrected chi connectivity index (χ4v) is 3.63. The molecular formula is C16H14N2O3S2. The molecule has 0 aliphatic rings. The van der Waals surface area contributed by atoms with Crippen molar-refractivity contribution >= 4 is 33.7 Å². The van der Waals surface area contributed by atoms with E-state index in [4.69, 9.17) is 4.42 Å². The molecule has 0 saturated heterocycles. The number of oxazole rings is 1. The molecule has 1 aromatic carbocycles. The first-order valence-corrected chi connectivity index (χ1v) is 9.06. The molecule has 5 nitrogen and oxygen atoms in total. The van der Waals surface area contributed by atoms with Crippen LogP contribution in [0.2, 0.25) is 0 Å². The van der Waals surface area contributed by atoms with Gasteiger partial charge < -0.3 is 9.73 Å². The Labute approximate surface area is 139 Å². The van der Waals surface area contributed by atoms with Gasteiger partial charge in [0.1, 0.15) is 5.75 Å². The zero-order valence-electron chi connectivity index (χ0n) is 12.3. The second-order valence-corrected chi connectivity index (χ2v) is 7.19. The first kappa shape index (κ1) is 15.6. The van der Waals surface area contributed by atoms with Gasteiger partial charge in [0, 0.05) is 17.5 Å². The molecule has 3 rings (SSSR count). The largest absolute Gasteiger partial charge is 0.439 e. The first-order chi connectivity index (χ1) is 11.1. The van der Waals surface area contributed by atoms with E-state index in [0.717, 1.165) is 4.88 Å². The lowest BCUT2D eigenvalue weighted by Gasteiger charge is -2.03. The van der Waals surface area contributed by atoms with E-state index in [1.165, 1.54) is 6.92 Å². The van der Waals surface area contributed by atoms with Gasteiger partial charge in [-0.15, -0.1) is 11.3 Å². The normalized spacial score (nSPS) is 12.0. The number of nitrogens with zero attached hydrogens (tertiary/aromatic N) is 1. The van der Waals surface area contributed by atoms with Crippen molar-refractivity contribution in [2.24, 2.45) is 0 Å². The summed E-state index contributed by atoms with van der Waals surface area (Å²) in [4.78, 5) is 16.8. The van der Waals surface area contributed by atoms with Crippen LogP contribution in [-0.2, 0) is 21.3 Å². The fraction of sp³-hybridized carbons (Fsp3) is 0.125. The first-order valence-electron chi connectivity index (χ1n) is 6.86. The Morgan fingerprint density at radius 3 is 2.74 bits per heavy atom. The summed E-state index contributed by atoms with van der Waals surface area (Å²) in [6.45, 7) is 1.44. The molecule has 0 aliphatic heterocycles. The zero-order valence-corrected chi connectivity index (χ0v) is 13.9. The molecule has 0 aliphatic carbocycles. The Morgan fingerprint density at radius 2 is 2.09 bits per heavy atom. The molecular weight excluding hydrogens is 332 g/mol. The molecule has 118 valence electrons. The predicted octanol–water partition coefficient (Wildman–Crippen LogP) is 3.67. The molecule has 1 N–H and O–H groups in total. The van der Waals surface area contributed by atoms with Crippen molar-refractivity contribution in [3.8, 4) is 10.6 Å². The van der Waals surface area contributed by atoms with Crippen molar-refractivity contribution in [3.63, 3.8) is 0 Å². The molecule has 7 heteroatoms. The minimum atomic E-state index is -1.25. The topological polar surface area (TPSA) is 72.2 Å². The van der Waals surface area contributed by atoms with Crippen LogP contribution in [0, 0.1) is 0 Å². The lowest BCUT2D eigenvalue weighted by atomic mass is 10.3. The number of carbonyl (C=O) groups is 1. The van der Waals surface area contributed by atoms with Gasteiger partial charge in [-0.25, -0.2) is 4.98 Å². The van der Waals surface area contributed by atoms with Crippen molar-refractivity contribution < 1.29 is 13.4 Å². The Hall–Kier alpha value is -2.25. The van der Waals surface area contributed by atoms with Crippen LogP contribution in [0.3, 0.4) is 0 Å². The van der Waals surface area contributed by atoms with Crippen molar-refractivity contribution in [3.05, 3.63) is 53.9 Å². The Balaban J connectivity index is 1.68. The van der Waals surface area contributed by atoms with E-state index in [0.29, 0.717) is 22.2 Å². The maximum atomic E-state index is 12.4. The third-order valence-electron chi connectivity index (χ3n) is 3.01. The molecule has 2 heterocycles. The van der Waals surface area contributed by atoms with Crippen LogP contribution in [0.1, 0.15) is 12.8 Å². The van der Waals surface area contributed by atoms with Crippen molar-refractivity contribution in [1.29, 1.82) is 0 Å². The minimum absolute atomic E-state index is 0.139. The van der Waals surface area contributed by atoms with Gasteiger partial charge in [-0.2, -0.15) is 0 Å². The molecule has 0 fully saturated rings. The number of amides is 1. The van der Waals surface area contributed by atoms with Gasteiger partial charge in [0.05, 0.1) is 21.9 Å². The summed E-state index contributed by atoms with van der Waals surface area (Å²) in [6, 6.07) is 10.8. The van der Waals surface area contributed by atoms with Gasteiger partial charge in [0.25, 0.3) is 0 Å². The fourth-order valence-electron chi connectivity index (χ4n) is 2.00. The SMILES string of the molecule is CC(=O)Nc1ccc(S(=O)Cc2ncc(-c3cccs3)o2)cc1. The summed E-state index contributed by atoms with van der Waals surface area (Å²) in [7, 11) is -1.25. The van der Waals surface area contributed by atoms with Gasteiger partial charge in [-0.3, -0.25) is 9.00 Å². The quantitative estimate of drug-likeness (QED) is 0.765. The highest BCUT2D eigenvalue weighted by molar-refractivity contribution is 7.84. The third kappa shape index (κ3) is 3.94. The lowest BCUT2D eigenvalue weighted by molar-refractivity contribution is -0.114. The molecule has 3 aromatic rings. The standard InChI is InChI=1S/C16H14N2O3S2/c1-11(19)18-12-4-6-13(7-5-12)23(20)10-16-17-9-14(21-16)15-3-2-8-22-15/h2-9H,10H2,1H3,(H,18,19). The van der Waals surface area contributed by atoms with Crippen LogP contribution < -0.4 is 5.32 Å². The number of anilines is 1. The molecule has 1 amide bonds. The van der Waals surface area contributed by atoms with E-state index in [2.05, 4.69) is 10.3 Å². The average Bonchev–Trinajstić information content (AvgIpc) is 3.18. The maximum absolute atomic E-state index is 12.4. The van der Waals surface area contributed by atoms with Crippen LogP contribution in [0.25, 0.3) is 10.6 Å². The number of carbonyl (C=O) groups excluding carboxylic acids is 1. The highest BCUT2D eigenvalue weighted by Gasteiger charge is 2.12. The van der Waals surface area contributed by atoms with Gasteiger partial charge >= 0.3 is 0 Å². The van der Waals surface area contributed by atoms with E-state index in [1.54, 1.807) is 41.8 Å². The Morgan fingerprint density at radius 1 is 1.30 bits per heavy atom. The summed E-state index contributed by atoms with van der Waals surface area (Å²) in [5, 5.41) is 4.64. The third-order valence-corrected chi connectivity index (χ3v) is 5.20. The average molecular weight is 346 g/mol. The van der Waals surface area contributed by atoms with Crippen LogP contribution in [-0.4, -0.2) is 15.1 Å². The molecule has 0 bridgehead atoms. The number of thiophene rings is 1. The molecule has 1 unspecified atom stereocenters. The second kappa shape index (κ2) is 6.89. The highest BCUT2D eigenvalue weighted by atomic mass is 32.2. The maximum Gasteiger partial charge on any atom is 0.221 e. The summed E-state index contributed by atoms with van der Waals surface area (Å²) < 4.78 is 18.0. The molecule has 0 radical (unpaired) electrons. The van der Waals surface area contributed by atoms with Crippen LogP contribution >= 0.6 is 11.3 Å². The van der Waals surface area contributed by atoms with Crippen LogP contribution in [0.5, 0.6) is 0 Å². The number of aromatic nitrogens is 1. The molecule has 23 heavy (non-hydrogen) atoms. The summed E-state index contributed by atoms with van der Waals surface area (Å²) in [6.07, 6.45) is 1.65. The van der Waals surface area contributed by atoms with Gasteiger partial charge in [-0.1, -0.05) is 6.07 Å². The lowest BCUT2D eigenvalue weighted by Crippen LogP contribution is -2.05. The minimum Gasteiger partial charge on any atom is -0.439 e. The molecule has 1 atom stereocenters. The molecule has 0 saturated carbocycles. The number of benzene rings is 1. The Kier molecular flexibility index (Phi) is 4.68. The van der Waals surface area contributed by atoms with Crippen LogP contribution in [0.15, 0.2) is 57.3 Å².